The molecule has 0 unspecified atom stereocenters. The fourth-order valence-corrected chi connectivity index (χ4v) is 7.03. The third kappa shape index (κ3) is 4.24. The summed E-state index contributed by atoms with van der Waals surface area (Å²) >= 11 is 11.8. The monoisotopic (exact) mass is 461 g/mol. The van der Waals surface area contributed by atoms with Gasteiger partial charge in [0, 0.05) is 13.1 Å². The van der Waals surface area contributed by atoms with Gasteiger partial charge in [0.05, 0.1) is 24.7 Å². The van der Waals surface area contributed by atoms with Crippen molar-refractivity contribution in [3.8, 4) is 0 Å². The minimum absolute atomic E-state index is 0.0325. The topological polar surface area (TPSA) is 71.5 Å². The van der Waals surface area contributed by atoms with Crippen molar-refractivity contribution in [1.82, 2.24) is 4.31 Å². The van der Waals surface area contributed by atoms with E-state index in [4.69, 9.17) is 23.2 Å². The zero-order valence-corrected chi connectivity index (χ0v) is 18.6. The third-order valence-corrected chi connectivity index (χ3v) is 9.11. The Kier molecular flexibility index (Phi) is 6.13. The van der Waals surface area contributed by atoms with Crippen molar-refractivity contribution >= 4 is 43.1 Å². The van der Waals surface area contributed by atoms with Crippen LogP contribution in [0.2, 0.25) is 10.0 Å². The van der Waals surface area contributed by atoms with E-state index in [1.165, 1.54) is 46.8 Å². The second kappa shape index (κ2) is 7.95. The molecule has 0 aliphatic carbocycles. The second-order valence-electron chi connectivity index (χ2n) is 7.32. The molecule has 1 fully saturated rings. The molecule has 0 aromatic heterocycles. The first kappa shape index (κ1) is 21.6. The summed E-state index contributed by atoms with van der Waals surface area (Å²) in [4.78, 5) is -0.184. The molecule has 0 amide bonds. The van der Waals surface area contributed by atoms with Crippen molar-refractivity contribution in [2.24, 2.45) is 11.8 Å². The molecule has 0 N–H and O–H groups in total. The molecule has 2 aromatic rings. The number of sulfone groups is 1. The zero-order valence-electron chi connectivity index (χ0n) is 15.5. The molecule has 28 heavy (non-hydrogen) atoms. The lowest BCUT2D eigenvalue weighted by molar-refractivity contribution is 0.222. The van der Waals surface area contributed by atoms with Gasteiger partial charge in [0.2, 0.25) is 19.9 Å². The van der Waals surface area contributed by atoms with E-state index in [0.29, 0.717) is 13.1 Å². The fraction of sp³-hybridized carbons (Fsp3) is 0.368. The van der Waals surface area contributed by atoms with Crippen LogP contribution in [-0.2, 0) is 19.9 Å². The van der Waals surface area contributed by atoms with E-state index in [1.807, 2.05) is 13.8 Å². The minimum atomic E-state index is -3.94. The first-order valence-electron chi connectivity index (χ1n) is 8.82. The van der Waals surface area contributed by atoms with Gasteiger partial charge in [-0.3, -0.25) is 0 Å². The Bertz CT molecular complexity index is 1090. The van der Waals surface area contributed by atoms with Crippen LogP contribution < -0.4 is 0 Å². The van der Waals surface area contributed by atoms with E-state index in [-0.39, 0.29) is 36.6 Å². The number of piperidine rings is 1. The Morgan fingerprint density at radius 1 is 0.821 bits per heavy atom. The van der Waals surface area contributed by atoms with Crippen molar-refractivity contribution in [2.75, 3.05) is 13.1 Å². The van der Waals surface area contributed by atoms with Crippen molar-refractivity contribution in [3.63, 3.8) is 0 Å². The van der Waals surface area contributed by atoms with Gasteiger partial charge >= 0.3 is 0 Å². The van der Waals surface area contributed by atoms with E-state index in [9.17, 15) is 16.8 Å². The maximum atomic E-state index is 13.1. The average molecular weight is 462 g/mol. The molecule has 1 aliphatic rings. The van der Waals surface area contributed by atoms with Crippen LogP contribution in [0.3, 0.4) is 0 Å². The summed E-state index contributed by atoms with van der Waals surface area (Å²) in [6, 6.07) is 9.44. The summed E-state index contributed by atoms with van der Waals surface area (Å²) in [6.07, 6.45) is 0.970. The molecule has 1 heterocycles. The van der Waals surface area contributed by atoms with Crippen LogP contribution in [0.5, 0.6) is 0 Å². The molecule has 0 saturated carbocycles. The normalized spacial score (nSPS) is 21.6. The Morgan fingerprint density at radius 2 is 1.39 bits per heavy atom. The Morgan fingerprint density at radius 3 is 2.00 bits per heavy atom. The zero-order chi connectivity index (χ0) is 20.7. The quantitative estimate of drug-likeness (QED) is 0.671. The Hall–Kier alpha value is -1.12. The average Bonchev–Trinajstić information content (AvgIpc) is 2.63. The fourth-order valence-electron chi connectivity index (χ4n) is 3.53. The largest absolute Gasteiger partial charge is 0.243 e. The van der Waals surface area contributed by atoms with Crippen LogP contribution in [0.15, 0.2) is 57.2 Å². The molecule has 2 aromatic carbocycles. The Balaban J connectivity index is 2.01. The lowest BCUT2D eigenvalue weighted by Crippen LogP contribution is -2.42. The van der Waals surface area contributed by atoms with Crippen molar-refractivity contribution in [3.05, 3.63) is 52.5 Å². The summed E-state index contributed by atoms with van der Waals surface area (Å²) < 4.78 is 53.5. The van der Waals surface area contributed by atoms with Crippen molar-refractivity contribution in [2.45, 2.75) is 35.0 Å². The molecule has 5 nitrogen and oxygen atoms in total. The van der Waals surface area contributed by atoms with Crippen molar-refractivity contribution < 1.29 is 16.8 Å². The van der Waals surface area contributed by atoms with Gasteiger partial charge in [-0.25, -0.2) is 16.8 Å². The third-order valence-electron chi connectivity index (χ3n) is 4.79. The molecular formula is C19H21Cl2NO4S2. The molecule has 1 aliphatic heterocycles. The van der Waals surface area contributed by atoms with Crippen LogP contribution in [0.1, 0.15) is 20.3 Å². The van der Waals surface area contributed by atoms with Gasteiger partial charge in [-0.15, -0.1) is 0 Å². The molecular weight excluding hydrogens is 441 g/mol. The molecule has 1 saturated heterocycles. The highest BCUT2D eigenvalue weighted by Gasteiger charge is 2.32. The molecule has 0 radical (unpaired) electrons. The first-order chi connectivity index (χ1) is 13.0. The van der Waals surface area contributed by atoms with Gasteiger partial charge in [-0.2, -0.15) is 4.31 Å². The second-order valence-corrected chi connectivity index (χ2v) is 12.0. The van der Waals surface area contributed by atoms with Crippen LogP contribution in [-0.4, -0.2) is 34.2 Å². The number of rotatable bonds is 4. The van der Waals surface area contributed by atoms with Crippen LogP contribution in [0.4, 0.5) is 0 Å². The number of halogens is 2. The minimum Gasteiger partial charge on any atom is -0.219 e. The van der Waals surface area contributed by atoms with Gasteiger partial charge in [0.25, 0.3) is 0 Å². The molecule has 2 atom stereocenters. The molecule has 9 heteroatoms. The van der Waals surface area contributed by atoms with E-state index in [0.717, 1.165) is 6.42 Å². The summed E-state index contributed by atoms with van der Waals surface area (Å²) in [5, 5.41) is 0.355. The van der Waals surface area contributed by atoms with Crippen LogP contribution in [0, 0.1) is 11.8 Å². The van der Waals surface area contributed by atoms with E-state index in [2.05, 4.69) is 0 Å². The van der Waals surface area contributed by atoms with Gasteiger partial charge in [0.15, 0.2) is 0 Å². The van der Waals surface area contributed by atoms with E-state index < -0.39 is 19.9 Å². The summed E-state index contributed by atoms with van der Waals surface area (Å²) in [5.74, 6) is 0.503. The Labute approximate surface area is 176 Å². The summed E-state index contributed by atoms with van der Waals surface area (Å²) in [6.45, 7) is 4.89. The smallest absolute Gasteiger partial charge is 0.219 e. The predicted molar refractivity (Wildman–Crippen MR) is 110 cm³/mol. The number of nitrogens with zero attached hydrogens (tertiary/aromatic N) is 1. The van der Waals surface area contributed by atoms with Crippen LogP contribution in [0.25, 0.3) is 0 Å². The summed E-state index contributed by atoms with van der Waals surface area (Å²) in [5.41, 5.74) is 0. The van der Waals surface area contributed by atoms with Gasteiger partial charge < -0.3 is 0 Å². The summed E-state index contributed by atoms with van der Waals surface area (Å²) in [7, 11) is -7.73. The SMILES string of the molecule is C[C@H]1C[C@H](C)CN(S(=O)(=O)c2cccc(S(=O)(=O)c3ccc(Cl)c(Cl)c3)c2)C1. The number of hydrogen-bond acceptors (Lipinski definition) is 4. The van der Waals surface area contributed by atoms with Gasteiger partial charge in [-0.05, 0) is 54.7 Å². The van der Waals surface area contributed by atoms with Crippen molar-refractivity contribution in [1.29, 1.82) is 0 Å². The highest BCUT2D eigenvalue weighted by Crippen LogP contribution is 2.31. The van der Waals surface area contributed by atoms with Gasteiger partial charge in [0.1, 0.15) is 0 Å². The van der Waals surface area contributed by atoms with E-state index >= 15 is 0 Å². The molecule has 0 bridgehead atoms. The van der Waals surface area contributed by atoms with E-state index in [1.54, 1.807) is 0 Å². The van der Waals surface area contributed by atoms with Gasteiger partial charge in [-0.1, -0.05) is 43.1 Å². The predicted octanol–water partition coefficient (Wildman–Crippen LogP) is 4.49. The number of hydrogen-bond donors (Lipinski definition) is 0. The highest BCUT2D eigenvalue weighted by atomic mass is 35.5. The first-order valence-corrected chi connectivity index (χ1v) is 12.5. The van der Waals surface area contributed by atoms with Crippen LogP contribution >= 0.6 is 23.2 Å². The molecule has 3 rings (SSSR count). The maximum absolute atomic E-state index is 13.1. The number of benzene rings is 2. The lowest BCUT2D eigenvalue weighted by Gasteiger charge is -2.34. The number of sulfonamides is 1. The molecule has 0 spiro atoms. The molecule has 152 valence electrons. The highest BCUT2D eigenvalue weighted by molar-refractivity contribution is 7.91. The maximum Gasteiger partial charge on any atom is 0.243 e. The standard InChI is InChI=1S/C19H21Cl2NO4S2/c1-13-8-14(2)12-22(11-13)28(25,26)17-5-3-4-15(9-17)27(23,24)16-6-7-18(20)19(21)10-16/h3-7,9-10,13-14H,8,11-12H2,1-2H3/t13-,14-/m0/s1. The lowest BCUT2D eigenvalue weighted by atomic mass is 9.94.